The summed E-state index contributed by atoms with van der Waals surface area (Å²) in [4.78, 5) is 122. The van der Waals surface area contributed by atoms with E-state index in [0.29, 0.717) is 66.9 Å². The van der Waals surface area contributed by atoms with Crippen molar-refractivity contribution in [1.82, 2.24) is 15.5 Å². The third kappa shape index (κ3) is 17.0. The van der Waals surface area contributed by atoms with E-state index in [4.69, 9.17) is 41.0 Å². The number of aryl methyl sites for hydroxylation is 1. The number of nitrogens with two attached hydrogens (primary N) is 1. The van der Waals surface area contributed by atoms with E-state index in [2.05, 4.69) is 16.0 Å². The molecule has 4 aliphatic rings. The summed E-state index contributed by atoms with van der Waals surface area (Å²) in [6.45, 7) is 13.0. The third-order valence-electron chi connectivity index (χ3n) is 16.5. The van der Waals surface area contributed by atoms with Crippen LogP contribution in [0.2, 0.25) is 5.02 Å². The number of esters is 1. The molecule has 6 rings (SSSR count). The number of unbranched alkanes of at least 4 members (excludes halogenated alkanes) is 2. The topological polar surface area (TPSA) is 292 Å². The minimum absolute atomic E-state index is 0.00394. The number of anilines is 2. The standard InChI is InChI=1S/C61H83ClN6O15/c1-34(2)43(30-42(69)17-12-11-13-23-68-52(72)26-37(5)57(68)75)56(74)66-44(18-15-22-64-58(63)76)46(70)29-40-20-21-41(25-36(40)4)65-59(77)82-50-31-51(71)67(8)45-27-39(28-47(79-9)54(45)62)24-35(3)16-14-19-49(80-10)61(78)32-48(81-53(73)33-61)38(6)55-60(50,7)83-55/h14,16,19-21,25,27-28,34,37-38,43-44,48-50,55,78H,11-13,15,17-18,22-24,26,29-33H2,1-10H3,(H,65,77)(H,66,74)(H3,63,64,76)/b19-14+,35-16+/t37?,38-,43+,44+,48+,49-,50+,55+,60+,61-/m1/s1. The van der Waals surface area contributed by atoms with Gasteiger partial charge in [0.05, 0.1) is 37.8 Å². The highest BCUT2D eigenvalue weighted by molar-refractivity contribution is 6.35. The van der Waals surface area contributed by atoms with Crippen molar-refractivity contribution in [2.75, 3.05) is 44.6 Å². The van der Waals surface area contributed by atoms with E-state index >= 15 is 0 Å². The average molecular weight is 1180 g/mol. The number of fused-ring (bicyclic) bond motifs is 5. The Morgan fingerprint density at radius 2 is 1.71 bits per heavy atom. The second-order valence-corrected chi connectivity index (χ2v) is 23.7. The zero-order valence-corrected chi connectivity index (χ0v) is 50.2. The van der Waals surface area contributed by atoms with E-state index in [1.54, 1.807) is 77.2 Å². The number of ether oxygens (including phenoxy) is 5. The highest BCUT2D eigenvalue weighted by Gasteiger charge is 2.64. The first-order valence-electron chi connectivity index (χ1n) is 28.6. The number of amides is 7. The van der Waals surface area contributed by atoms with Crippen LogP contribution in [0.3, 0.4) is 0 Å². The number of methoxy groups -OCH3 is 2. The summed E-state index contributed by atoms with van der Waals surface area (Å²) in [5.74, 6) is -3.93. The van der Waals surface area contributed by atoms with Gasteiger partial charge in [0.25, 0.3) is 0 Å². The molecule has 1 unspecified atom stereocenters. The highest BCUT2D eigenvalue weighted by Crippen LogP contribution is 2.50. The fourth-order valence-electron chi connectivity index (χ4n) is 11.4. The zero-order chi connectivity index (χ0) is 61.1. The molecule has 2 aromatic rings. The summed E-state index contributed by atoms with van der Waals surface area (Å²) < 4.78 is 29.7. The normalized spacial score (nSPS) is 26.4. The van der Waals surface area contributed by atoms with E-state index < -0.39 is 83.4 Å². The Kier molecular flexibility index (Phi) is 22.7. The number of rotatable bonds is 22. The van der Waals surface area contributed by atoms with Gasteiger partial charge in [0.2, 0.25) is 23.6 Å². The van der Waals surface area contributed by atoms with Gasteiger partial charge in [0, 0.05) is 82.8 Å². The quantitative estimate of drug-likeness (QED) is 0.0338. The van der Waals surface area contributed by atoms with Crippen LogP contribution in [0, 0.1) is 30.6 Å². The molecule has 0 aliphatic carbocycles. The van der Waals surface area contributed by atoms with Crippen LogP contribution in [-0.4, -0.2) is 139 Å². The van der Waals surface area contributed by atoms with Crippen molar-refractivity contribution >= 4 is 76.3 Å². The van der Waals surface area contributed by atoms with Crippen LogP contribution in [0.4, 0.5) is 21.0 Å². The summed E-state index contributed by atoms with van der Waals surface area (Å²) in [6, 6.07) is 6.71. The molecule has 0 saturated carbocycles. The van der Waals surface area contributed by atoms with E-state index in [-0.39, 0.29) is 98.2 Å². The molecule has 0 aromatic heterocycles. The maximum Gasteiger partial charge on any atom is 0.412 e. The first-order chi connectivity index (χ1) is 39.2. The van der Waals surface area contributed by atoms with Gasteiger partial charge in [0.15, 0.2) is 5.78 Å². The SMILES string of the molecule is COc1cc2cc(c1Cl)N(C)C(=O)C[C@H](OC(=O)Nc1ccc(CC(=O)[C@H](CCCNC(N)=O)NC(=O)[C@@H](CC(=O)CCCCCN3C(=O)CC(C)C3=O)C(C)C)c(C)c1)[C@]1(C)O[C@H]1[C@H](C)[C@@H]1C[C@@](O)(CC(=O)O1)[C@H](OC)/C=C/C=C(\C)C2. The molecule has 22 heteroatoms. The molecule has 2 aromatic carbocycles. The van der Waals surface area contributed by atoms with Crippen molar-refractivity contribution in [3.63, 3.8) is 0 Å². The summed E-state index contributed by atoms with van der Waals surface area (Å²) in [7, 11) is 4.48. The number of halogens is 1. The molecule has 83 heavy (non-hydrogen) atoms. The molecule has 4 aliphatic heterocycles. The van der Waals surface area contributed by atoms with Crippen molar-refractivity contribution in [3.8, 4) is 5.75 Å². The van der Waals surface area contributed by atoms with Crippen LogP contribution in [0.5, 0.6) is 5.75 Å². The van der Waals surface area contributed by atoms with Gasteiger partial charge in [-0.25, -0.2) is 9.59 Å². The average Bonchev–Trinajstić information content (AvgIpc) is 4.10. The molecule has 4 bridgehead atoms. The number of benzene rings is 2. The summed E-state index contributed by atoms with van der Waals surface area (Å²) in [6.07, 6.45) is 2.86. The van der Waals surface area contributed by atoms with Gasteiger partial charge in [-0.3, -0.25) is 43.8 Å². The van der Waals surface area contributed by atoms with Gasteiger partial charge in [-0.05, 0) is 99.7 Å². The van der Waals surface area contributed by atoms with Gasteiger partial charge >= 0.3 is 18.1 Å². The van der Waals surface area contributed by atoms with E-state index in [1.165, 1.54) is 24.0 Å². The number of ketones is 2. The Bertz CT molecular complexity index is 2840. The number of aliphatic hydroxyl groups is 1. The number of primary amides is 1. The van der Waals surface area contributed by atoms with Gasteiger partial charge in [-0.1, -0.05) is 75.6 Å². The number of imide groups is 1. The molecule has 454 valence electrons. The lowest BCUT2D eigenvalue weighted by Gasteiger charge is -2.41. The van der Waals surface area contributed by atoms with Crippen molar-refractivity contribution in [2.24, 2.45) is 29.4 Å². The first kappa shape index (κ1) is 65.5. The highest BCUT2D eigenvalue weighted by atomic mass is 35.5. The van der Waals surface area contributed by atoms with Crippen molar-refractivity contribution in [2.45, 2.75) is 174 Å². The molecule has 3 fully saturated rings. The Hall–Kier alpha value is -6.68. The third-order valence-corrected chi connectivity index (χ3v) is 16.9. The Balaban J connectivity index is 1.16. The smallest absolute Gasteiger partial charge is 0.412 e. The number of Topliss-reactive ketones (excluding diaryl/α,β-unsaturated/α-hetero) is 2. The number of hydrogen-bond acceptors (Lipinski definition) is 15. The fourth-order valence-corrected chi connectivity index (χ4v) is 11.7. The Labute approximate surface area is 491 Å². The van der Waals surface area contributed by atoms with Crippen LogP contribution in [0.1, 0.15) is 129 Å². The minimum atomic E-state index is -1.64. The molecule has 7 amide bonds. The molecule has 21 nitrogen and oxygen atoms in total. The maximum absolute atomic E-state index is 14.4. The molecule has 4 heterocycles. The van der Waals surface area contributed by atoms with Gasteiger partial charge in [-0.2, -0.15) is 0 Å². The predicted octanol–water partition coefficient (Wildman–Crippen LogP) is 7.16. The Morgan fingerprint density at radius 1 is 0.976 bits per heavy atom. The summed E-state index contributed by atoms with van der Waals surface area (Å²) in [5.41, 5.74) is 5.87. The second-order valence-electron chi connectivity index (χ2n) is 23.3. The largest absolute Gasteiger partial charge is 0.495 e. The lowest BCUT2D eigenvalue weighted by molar-refractivity contribution is -0.187. The fraction of sp³-hybridized carbons (Fsp3) is 0.590. The van der Waals surface area contributed by atoms with E-state index in [1.807, 2.05) is 26.8 Å². The first-order valence-corrected chi connectivity index (χ1v) is 28.9. The van der Waals surface area contributed by atoms with Crippen LogP contribution in [0.25, 0.3) is 0 Å². The lowest BCUT2D eigenvalue weighted by atomic mass is 9.78. The lowest BCUT2D eigenvalue weighted by Crippen LogP contribution is -2.53. The zero-order valence-electron chi connectivity index (χ0n) is 49.4. The number of nitrogens with one attached hydrogen (secondary N) is 3. The minimum Gasteiger partial charge on any atom is -0.495 e. The van der Waals surface area contributed by atoms with E-state index in [9.17, 15) is 48.3 Å². The number of nitrogens with zero attached hydrogens (tertiary/aromatic N) is 2. The summed E-state index contributed by atoms with van der Waals surface area (Å²) >= 11 is 6.85. The molecular formula is C61H83ClN6O15. The maximum atomic E-state index is 14.4. The Morgan fingerprint density at radius 3 is 2.36 bits per heavy atom. The van der Waals surface area contributed by atoms with Crippen molar-refractivity contribution in [3.05, 3.63) is 75.8 Å². The number of epoxide rings is 1. The molecule has 10 atom stereocenters. The number of carbonyl (C=O) groups is 9. The molecule has 0 spiro atoms. The van der Waals surface area contributed by atoms with Crippen molar-refractivity contribution < 1.29 is 71.9 Å². The van der Waals surface area contributed by atoms with Crippen LogP contribution >= 0.6 is 11.6 Å². The van der Waals surface area contributed by atoms with E-state index in [0.717, 1.165) is 11.1 Å². The predicted molar refractivity (Wildman–Crippen MR) is 309 cm³/mol. The van der Waals surface area contributed by atoms with Gasteiger partial charge in [-0.15, -0.1) is 0 Å². The van der Waals surface area contributed by atoms with Crippen molar-refractivity contribution in [1.29, 1.82) is 0 Å². The monoisotopic (exact) mass is 1170 g/mol. The van der Waals surface area contributed by atoms with Gasteiger partial charge in [0.1, 0.15) is 46.1 Å². The molecule has 0 radical (unpaired) electrons. The number of carbonyl (C=O) groups excluding carboxylic acids is 9. The number of likely N-dealkylation sites (tertiary alicyclic amines) is 1. The van der Waals surface area contributed by atoms with Crippen LogP contribution in [-0.2, 0) is 65.4 Å². The second kappa shape index (κ2) is 28.7. The van der Waals surface area contributed by atoms with Crippen LogP contribution < -0.4 is 31.3 Å². The number of allylic oxidation sites excluding steroid dienone is 3. The number of urea groups is 1. The number of hydrogen-bond donors (Lipinski definition) is 5. The summed E-state index contributed by atoms with van der Waals surface area (Å²) in [5, 5.41) is 20.4. The molecule has 3 saturated heterocycles. The van der Waals surface area contributed by atoms with Gasteiger partial charge < -0.3 is 50.1 Å². The molecular weight excluding hydrogens is 1090 g/mol. The molecule has 6 N–H and O–H groups in total. The van der Waals surface area contributed by atoms with Crippen LogP contribution in [0.15, 0.2) is 54.1 Å².